The Labute approximate surface area is 289 Å². The molecule has 0 amide bonds. The van der Waals surface area contributed by atoms with E-state index in [-0.39, 0.29) is 44.4 Å². The highest BCUT2D eigenvalue weighted by Crippen LogP contribution is 2.33. The topological polar surface area (TPSA) is 127 Å². The second-order valence-electron chi connectivity index (χ2n) is 11.9. The molecule has 3 aromatic heterocycles. The third-order valence-electron chi connectivity index (χ3n) is 8.66. The summed E-state index contributed by atoms with van der Waals surface area (Å²) in [6.07, 6.45) is -2.26. The first-order chi connectivity index (χ1) is 24.4. The summed E-state index contributed by atoms with van der Waals surface area (Å²) in [7, 11) is -4.09. The molecular formula is C35H30F4N8O3S. The van der Waals surface area contributed by atoms with Crippen LogP contribution >= 0.6 is 0 Å². The van der Waals surface area contributed by atoms with Crippen molar-refractivity contribution in [2.24, 2.45) is 0 Å². The molecule has 1 aliphatic rings. The van der Waals surface area contributed by atoms with E-state index in [1.54, 1.807) is 30.3 Å². The zero-order valence-corrected chi connectivity index (χ0v) is 27.8. The molecule has 0 aliphatic carbocycles. The van der Waals surface area contributed by atoms with Crippen molar-refractivity contribution in [1.29, 1.82) is 0 Å². The van der Waals surface area contributed by atoms with Crippen molar-refractivity contribution in [3.8, 4) is 11.3 Å². The van der Waals surface area contributed by atoms with E-state index >= 15 is 4.39 Å². The van der Waals surface area contributed by atoms with Gasteiger partial charge in [-0.1, -0.05) is 36.4 Å². The number of anilines is 3. The number of aromatic nitrogens is 5. The van der Waals surface area contributed by atoms with E-state index in [4.69, 9.17) is 0 Å². The summed E-state index contributed by atoms with van der Waals surface area (Å²) in [6.45, 7) is 3.70. The zero-order chi connectivity index (χ0) is 35.9. The van der Waals surface area contributed by atoms with Crippen LogP contribution in [0.25, 0.3) is 22.3 Å². The summed E-state index contributed by atoms with van der Waals surface area (Å²) < 4.78 is 86.2. The van der Waals surface area contributed by atoms with Gasteiger partial charge >= 0.3 is 6.18 Å². The summed E-state index contributed by atoms with van der Waals surface area (Å²) >= 11 is 0. The van der Waals surface area contributed by atoms with Gasteiger partial charge in [0.2, 0.25) is 5.95 Å². The number of pyridine rings is 1. The van der Waals surface area contributed by atoms with Crippen LogP contribution in [0.5, 0.6) is 0 Å². The monoisotopic (exact) mass is 718 g/mol. The average molecular weight is 719 g/mol. The third-order valence-corrected chi connectivity index (χ3v) is 10.4. The van der Waals surface area contributed by atoms with Gasteiger partial charge in [-0.05, 0) is 55.0 Å². The Kier molecular flexibility index (Phi) is 8.81. The predicted molar refractivity (Wildman–Crippen MR) is 184 cm³/mol. The molecule has 0 radical (unpaired) electrons. The number of hydrogen-bond acceptors (Lipinski definition) is 9. The van der Waals surface area contributed by atoms with Gasteiger partial charge in [-0.2, -0.15) is 18.2 Å². The normalized spacial score (nSPS) is 13.9. The van der Waals surface area contributed by atoms with Crippen LogP contribution in [0.3, 0.4) is 0 Å². The number of benzene rings is 3. The molecule has 0 atom stereocenters. The smallest absolute Gasteiger partial charge is 0.367 e. The first-order valence-corrected chi connectivity index (χ1v) is 17.3. The van der Waals surface area contributed by atoms with Gasteiger partial charge in [0.15, 0.2) is 0 Å². The van der Waals surface area contributed by atoms with Gasteiger partial charge in [0, 0.05) is 43.4 Å². The number of nitrogens with one attached hydrogen (secondary N) is 2. The minimum atomic E-state index is -4.71. The number of rotatable bonds is 8. The van der Waals surface area contributed by atoms with Crippen LogP contribution < -0.4 is 21.1 Å². The van der Waals surface area contributed by atoms with Gasteiger partial charge in [-0.15, -0.1) is 0 Å². The van der Waals surface area contributed by atoms with Crippen molar-refractivity contribution in [3.63, 3.8) is 0 Å². The van der Waals surface area contributed by atoms with E-state index in [0.29, 0.717) is 24.5 Å². The Bertz CT molecular complexity index is 2430. The van der Waals surface area contributed by atoms with Crippen molar-refractivity contribution < 1.29 is 26.0 Å². The fourth-order valence-electron chi connectivity index (χ4n) is 6.12. The number of alkyl halides is 3. The fraction of sp³-hybridized carbons (Fsp3) is 0.200. The minimum absolute atomic E-state index is 0.00322. The highest BCUT2D eigenvalue weighted by Gasteiger charge is 2.33. The largest absolute Gasteiger partial charge is 0.416 e. The SMILES string of the molecule is Cc1c(-c2cc3cnc(Nc4ccc(N5CCNCC5)c(F)c4)nc3n(Cc3ccccc3C(F)(F)F)c2=O)ncn1S(=O)(=O)c1ccccc1. The molecular weight excluding hydrogens is 688 g/mol. The molecule has 3 aromatic carbocycles. The van der Waals surface area contributed by atoms with Crippen LogP contribution in [-0.4, -0.2) is 58.1 Å². The maximum atomic E-state index is 15.2. The zero-order valence-electron chi connectivity index (χ0n) is 27.0. The van der Waals surface area contributed by atoms with E-state index < -0.39 is 39.7 Å². The molecule has 1 fully saturated rings. The molecule has 1 aliphatic heterocycles. The van der Waals surface area contributed by atoms with Crippen molar-refractivity contribution in [2.45, 2.75) is 24.5 Å². The highest BCUT2D eigenvalue weighted by atomic mass is 32.2. The summed E-state index contributed by atoms with van der Waals surface area (Å²) in [5.41, 5.74) is -1.08. The van der Waals surface area contributed by atoms with Gasteiger partial charge in [0.05, 0.1) is 39.6 Å². The Morgan fingerprint density at radius 3 is 2.39 bits per heavy atom. The van der Waals surface area contributed by atoms with Gasteiger partial charge < -0.3 is 15.5 Å². The number of hydrogen-bond donors (Lipinski definition) is 2. The lowest BCUT2D eigenvalue weighted by Gasteiger charge is -2.29. The molecule has 0 unspecified atom stereocenters. The van der Waals surface area contributed by atoms with Crippen molar-refractivity contribution in [1.82, 2.24) is 28.8 Å². The van der Waals surface area contributed by atoms with Gasteiger partial charge in [-0.3, -0.25) is 9.36 Å². The van der Waals surface area contributed by atoms with Gasteiger partial charge in [-0.25, -0.2) is 26.7 Å². The molecule has 51 heavy (non-hydrogen) atoms. The van der Waals surface area contributed by atoms with Crippen molar-refractivity contribution >= 4 is 38.4 Å². The second-order valence-corrected chi connectivity index (χ2v) is 13.7. The van der Waals surface area contributed by atoms with Gasteiger partial charge in [0.25, 0.3) is 15.6 Å². The number of imidazole rings is 1. The average Bonchev–Trinajstić information content (AvgIpc) is 3.51. The van der Waals surface area contributed by atoms with Crippen LogP contribution in [0.15, 0.2) is 101 Å². The molecule has 2 N–H and O–H groups in total. The molecule has 0 saturated carbocycles. The Morgan fingerprint density at radius 2 is 1.67 bits per heavy atom. The van der Waals surface area contributed by atoms with Crippen molar-refractivity contribution in [2.75, 3.05) is 36.4 Å². The standard InChI is InChI=1S/C35H30F4N8O3S/c1-22-31(42-21-47(22)51(49,50)26-8-3-2-4-9-26)27-17-24-19-41-34(43-25-11-12-30(29(36)18-25)45-15-13-40-14-16-45)44-32(24)46(33(27)48)20-23-7-5-6-10-28(23)35(37,38)39/h2-12,17-19,21,40H,13-16,20H2,1H3,(H,41,43,44). The van der Waals surface area contributed by atoms with Crippen LogP contribution in [-0.2, 0) is 22.7 Å². The van der Waals surface area contributed by atoms with Crippen molar-refractivity contribution in [3.05, 3.63) is 124 Å². The number of piperazine rings is 1. The molecule has 0 spiro atoms. The van der Waals surface area contributed by atoms with E-state index in [1.807, 2.05) is 4.90 Å². The molecule has 6 aromatic rings. The van der Waals surface area contributed by atoms with Gasteiger partial charge in [0.1, 0.15) is 17.8 Å². The lowest BCUT2D eigenvalue weighted by Crippen LogP contribution is -2.43. The summed E-state index contributed by atoms with van der Waals surface area (Å²) in [6, 6.07) is 18.6. The predicted octanol–water partition coefficient (Wildman–Crippen LogP) is 5.56. The first kappa shape index (κ1) is 33.9. The summed E-state index contributed by atoms with van der Waals surface area (Å²) in [5.74, 6) is -0.492. The first-order valence-electron chi connectivity index (χ1n) is 15.8. The summed E-state index contributed by atoms with van der Waals surface area (Å²) in [5, 5.41) is 6.42. The number of fused-ring (bicyclic) bond motifs is 1. The highest BCUT2D eigenvalue weighted by molar-refractivity contribution is 7.90. The Hall–Kier alpha value is -5.61. The molecule has 262 valence electrons. The maximum absolute atomic E-state index is 15.2. The Morgan fingerprint density at radius 1 is 0.941 bits per heavy atom. The van der Waals surface area contributed by atoms with E-state index in [0.717, 1.165) is 34.0 Å². The number of nitrogens with zero attached hydrogens (tertiary/aromatic N) is 6. The molecule has 16 heteroatoms. The molecule has 7 rings (SSSR count). The lowest BCUT2D eigenvalue weighted by molar-refractivity contribution is -0.138. The second kappa shape index (κ2) is 13.3. The lowest BCUT2D eigenvalue weighted by atomic mass is 10.1. The maximum Gasteiger partial charge on any atom is 0.416 e. The molecule has 0 bridgehead atoms. The van der Waals surface area contributed by atoms with Crippen LogP contribution in [0.4, 0.5) is 34.9 Å². The quantitative estimate of drug-likeness (QED) is 0.195. The van der Waals surface area contributed by atoms with E-state index in [9.17, 15) is 26.4 Å². The van der Waals surface area contributed by atoms with Crippen LogP contribution in [0, 0.1) is 12.7 Å². The van der Waals surface area contributed by atoms with Crippen LogP contribution in [0.2, 0.25) is 0 Å². The minimum Gasteiger partial charge on any atom is -0.367 e. The van der Waals surface area contributed by atoms with Crippen LogP contribution in [0.1, 0.15) is 16.8 Å². The Balaban J connectivity index is 1.33. The molecule has 11 nitrogen and oxygen atoms in total. The summed E-state index contributed by atoms with van der Waals surface area (Å²) in [4.78, 5) is 29.3. The number of halogens is 4. The van der Waals surface area contributed by atoms with E-state index in [1.165, 1.54) is 55.6 Å². The van der Waals surface area contributed by atoms with E-state index in [2.05, 4.69) is 25.6 Å². The molecule has 1 saturated heterocycles. The molecule has 4 heterocycles. The fourth-order valence-corrected chi connectivity index (χ4v) is 7.47. The third kappa shape index (κ3) is 6.55.